The second kappa shape index (κ2) is 12.6. The lowest BCUT2D eigenvalue weighted by Crippen LogP contribution is -2.39. The van der Waals surface area contributed by atoms with Gasteiger partial charge in [-0.1, -0.05) is 36.4 Å². The summed E-state index contributed by atoms with van der Waals surface area (Å²) in [6.45, 7) is 2.14. The minimum Gasteiger partial charge on any atom is -0.493 e. The van der Waals surface area contributed by atoms with Gasteiger partial charge in [-0.2, -0.15) is 0 Å². The van der Waals surface area contributed by atoms with Crippen LogP contribution in [0.25, 0.3) is 11.1 Å². The van der Waals surface area contributed by atoms with E-state index in [9.17, 15) is 26.8 Å². The Morgan fingerprint density at radius 1 is 1.00 bits per heavy atom. The molecule has 42 heavy (non-hydrogen) atoms. The predicted molar refractivity (Wildman–Crippen MR) is 152 cm³/mol. The fourth-order valence-corrected chi connectivity index (χ4v) is 6.34. The number of esters is 1. The number of carbonyl (C=O) groups excluding carboxylic acids is 2. The molecular weight excluding hydrogens is 566 g/mol. The monoisotopic (exact) mass is 598 g/mol. The van der Waals surface area contributed by atoms with E-state index in [0.717, 1.165) is 18.7 Å². The Hall–Kier alpha value is -3.83. The fraction of sp³-hybridized carbons (Fsp3) is 0.355. The van der Waals surface area contributed by atoms with Crippen LogP contribution in [0.1, 0.15) is 27.9 Å². The number of carbonyl (C=O) groups is 2. The summed E-state index contributed by atoms with van der Waals surface area (Å²) in [5.74, 6) is -1.43. The molecule has 0 bridgehead atoms. The van der Waals surface area contributed by atoms with Crippen LogP contribution in [-0.4, -0.2) is 63.5 Å². The molecule has 222 valence electrons. The van der Waals surface area contributed by atoms with Crippen molar-refractivity contribution in [2.24, 2.45) is 11.8 Å². The highest BCUT2D eigenvalue weighted by molar-refractivity contribution is 7.91. The lowest BCUT2D eigenvalue weighted by molar-refractivity contribution is -0.122. The first-order valence-electron chi connectivity index (χ1n) is 13.7. The standard InChI is InChI=1S/C31H32F2N2O6S/c1-40-31(37)29-25(3-2-4-27(29)32)21-7-8-22(28(33)16-21)17-34-30(36)26-15-23(26)19-41-24-9-5-20(6-10-24)18-35-11-13-42(38,39)14-12-35/h2-10,16,23,26H,11-15,17-19H2,1H3,(H,34,36). The third kappa shape index (κ3) is 7.14. The Kier molecular flexibility index (Phi) is 8.88. The Labute approximate surface area is 243 Å². The van der Waals surface area contributed by atoms with E-state index in [4.69, 9.17) is 4.74 Å². The van der Waals surface area contributed by atoms with E-state index < -0.39 is 27.4 Å². The third-order valence-corrected chi connectivity index (χ3v) is 9.32. The summed E-state index contributed by atoms with van der Waals surface area (Å²) in [6.07, 6.45) is 0.680. The molecule has 1 N–H and O–H groups in total. The molecule has 1 heterocycles. The molecule has 2 unspecified atom stereocenters. The number of ether oxygens (including phenoxy) is 2. The van der Waals surface area contributed by atoms with Gasteiger partial charge < -0.3 is 14.8 Å². The first-order valence-corrected chi connectivity index (χ1v) is 15.5. The minimum atomic E-state index is -2.90. The van der Waals surface area contributed by atoms with Crippen LogP contribution >= 0.6 is 0 Å². The van der Waals surface area contributed by atoms with Crippen molar-refractivity contribution in [1.82, 2.24) is 10.2 Å². The molecular formula is C31H32F2N2O6S. The molecule has 1 aliphatic heterocycles. The number of hydrogen-bond donors (Lipinski definition) is 1. The van der Waals surface area contributed by atoms with Crippen molar-refractivity contribution in [2.75, 3.05) is 38.3 Å². The smallest absolute Gasteiger partial charge is 0.341 e. The maximum atomic E-state index is 14.9. The van der Waals surface area contributed by atoms with Gasteiger partial charge in [-0.25, -0.2) is 22.0 Å². The van der Waals surface area contributed by atoms with Gasteiger partial charge in [0, 0.05) is 43.6 Å². The molecule has 2 fully saturated rings. The van der Waals surface area contributed by atoms with Gasteiger partial charge in [-0.15, -0.1) is 0 Å². The lowest BCUT2D eigenvalue weighted by atomic mass is 9.98. The van der Waals surface area contributed by atoms with Crippen LogP contribution in [0.5, 0.6) is 5.75 Å². The van der Waals surface area contributed by atoms with E-state index in [-0.39, 0.29) is 52.5 Å². The van der Waals surface area contributed by atoms with Crippen molar-refractivity contribution >= 4 is 21.7 Å². The Balaban J connectivity index is 1.08. The highest BCUT2D eigenvalue weighted by atomic mass is 32.2. The number of methoxy groups -OCH3 is 1. The molecule has 1 saturated carbocycles. The van der Waals surface area contributed by atoms with Gasteiger partial charge in [0.2, 0.25) is 5.91 Å². The fourth-order valence-electron chi connectivity index (χ4n) is 5.06. The van der Waals surface area contributed by atoms with Gasteiger partial charge in [0.05, 0.1) is 25.2 Å². The molecule has 8 nitrogen and oxygen atoms in total. The Morgan fingerprint density at radius 3 is 2.43 bits per heavy atom. The van der Waals surface area contributed by atoms with E-state index in [1.165, 1.54) is 24.3 Å². The summed E-state index contributed by atoms with van der Waals surface area (Å²) in [7, 11) is -1.75. The van der Waals surface area contributed by atoms with Gasteiger partial charge in [0.1, 0.15) is 22.9 Å². The van der Waals surface area contributed by atoms with Crippen molar-refractivity contribution in [2.45, 2.75) is 19.5 Å². The van der Waals surface area contributed by atoms with Crippen LogP contribution in [-0.2, 0) is 32.5 Å². The predicted octanol–water partition coefficient (Wildman–Crippen LogP) is 3.98. The molecule has 1 saturated heterocycles. The van der Waals surface area contributed by atoms with Crippen LogP contribution in [0.2, 0.25) is 0 Å². The molecule has 3 aromatic carbocycles. The number of amides is 1. The van der Waals surface area contributed by atoms with Crippen LogP contribution in [0.4, 0.5) is 8.78 Å². The van der Waals surface area contributed by atoms with Gasteiger partial charge in [0.15, 0.2) is 9.84 Å². The molecule has 2 aliphatic rings. The summed E-state index contributed by atoms with van der Waals surface area (Å²) in [5.41, 5.74) is 1.60. The summed E-state index contributed by atoms with van der Waals surface area (Å²) in [6, 6.07) is 16.0. The van der Waals surface area contributed by atoms with Crippen molar-refractivity contribution in [3.63, 3.8) is 0 Å². The van der Waals surface area contributed by atoms with Crippen LogP contribution in [0.15, 0.2) is 60.7 Å². The normalized spacial score (nSPS) is 19.6. The summed E-state index contributed by atoms with van der Waals surface area (Å²) < 4.78 is 62.9. The Bertz CT molecular complexity index is 1560. The van der Waals surface area contributed by atoms with Crippen LogP contribution < -0.4 is 10.1 Å². The number of sulfone groups is 1. The number of rotatable bonds is 10. The molecule has 0 radical (unpaired) electrons. The zero-order valence-electron chi connectivity index (χ0n) is 23.1. The number of hydrogen-bond acceptors (Lipinski definition) is 7. The van der Waals surface area contributed by atoms with E-state index in [0.29, 0.717) is 44.0 Å². The van der Waals surface area contributed by atoms with Crippen molar-refractivity contribution < 1.29 is 36.3 Å². The Morgan fingerprint density at radius 2 is 1.74 bits per heavy atom. The molecule has 1 aliphatic carbocycles. The van der Waals surface area contributed by atoms with E-state index in [1.807, 2.05) is 24.3 Å². The lowest BCUT2D eigenvalue weighted by Gasteiger charge is -2.26. The molecule has 5 rings (SSSR count). The van der Waals surface area contributed by atoms with Crippen molar-refractivity contribution in [1.29, 1.82) is 0 Å². The summed E-state index contributed by atoms with van der Waals surface area (Å²) >= 11 is 0. The van der Waals surface area contributed by atoms with E-state index >= 15 is 0 Å². The van der Waals surface area contributed by atoms with Crippen LogP contribution in [0, 0.1) is 23.5 Å². The van der Waals surface area contributed by atoms with Gasteiger partial charge in [-0.05, 0) is 47.4 Å². The van der Waals surface area contributed by atoms with E-state index in [2.05, 4.69) is 15.0 Å². The molecule has 2 atom stereocenters. The molecule has 0 spiro atoms. The first kappa shape index (κ1) is 29.7. The number of nitrogens with one attached hydrogen (secondary N) is 1. The maximum absolute atomic E-state index is 14.9. The SMILES string of the molecule is COC(=O)c1c(F)cccc1-c1ccc(CNC(=O)C2CC2COc2ccc(CN3CCS(=O)(=O)CC3)cc2)c(F)c1. The summed E-state index contributed by atoms with van der Waals surface area (Å²) in [4.78, 5) is 26.8. The quantitative estimate of drug-likeness (QED) is 0.353. The highest BCUT2D eigenvalue weighted by Gasteiger charge is 2.43. The number of halogens is 2. The first-order chi connectivity index (χ1) is 20.1. The number of nitrogens with zero attached hydrogens (tertiary/aromatic N) is 1. The van der Waals surface area contributed by atoms with Crippen molar-refractivity contribution in [3.8, 4) is 16.9 Å². The third-order valence-electron chi connectivity index (χ3n) is 7.71. The zero-order valence-corrected chi connectivity index (χ0v) is 24.0. The maximum Gasteiger partial charge on any atom is 0.341 e. The van der Waals surface area contributed by atoms with Crippen LogP contribution in [0.3, 0.4) is 0 Å². The average molecular weight is 599 g/mol. The molecule has 3 aromatic rings. The van der Waals surface area contributed by atoms with Gasteiger partial charge in [0.25, 0.3) is 0 Å². The van der Waals surface area contributed by atoms with Crippen molar-refractivity contribution in [3.05, 3.63) is 89.0 Å². The van der Waals surface area contributed by atoms with E-state index in [1.54, 1.807) is 6.07 Å². The molecule has 1 amide bonds. The molecule has 11 heteroatoms. The second-order valence-electron chi connectivity index (χ2n) is 10.7. The topological polar surface area (TPSA) is 102 Å². The minimum absolute atomic E-state index is 0.00750. The second-order valence-corrected chi connectivity index (χ2v) is 13.0. The van der Waals surface area contributed by atoms with Gasteiger partial charge in [-0.3, -0.25) is 9.69 Å². The zero-order chi connectivity index (χ0) is 29.9. The highest BCUT2D eigenvalue weighted by Crippen LogP contribution is 2.39. The van der Waals surface area contributed by atoms with Gasteiger partial charge >= 0.3 is 5.97 Å². The number of benzene rings is 3. The molecule has 0 aromatic heterocycles. The summed E-state index contributed by atoms with van der Waals surface area (Å²) in [5, 5.41) is 2.78. The largest absolute Gasteiger partial charge is 0.493 e. The average Bonchev–Trinajstić information content (AvgIpc) is 3.76.